The van der Waals surface area contributed by atoms with Crippen LogP contribution in [0.1, 0.15) is 31.2 Å². The zero-order valence-corrected chi connectivity index (χ0v) is 19.0. The number of benzene rings is 2. The number of nitrogens with zero attached hydrogens (tertiary/aromatic N) is 3. The molecule has 0 bridgehead atoms. The molecule has 6 heteroatoms. The monoisotopic (exact) mass is 442 g/mol. The summed E-state index contributed by atoms with van der Waals surface area (Å²) in [7, 11) is 0. The van der Waals surface area contributed by atoms with Gasteiger partial charge in [0.15, 0.2) is 0 Å². The number of aromatic nitrogens is 2. The molecule has 0 atom stereocenters. The van der Waals surface area contributed by atoms with Gasteiger partial charge in [0.05, 0.1) is 5.69 Å². The minimum absolute atomic E-state index is 0.0111. The summed E-state index contributed by atoms with van der Waals surface area (Å²) in [5.74, 6) is 0.197. The number of nitrogens with one attached hydrogen (secondary N) is 1. The average molecular weight is 443 g/mol. The zero-order chi connectivity index (χ0) is 23.2. The van der Waals surface area contributed by atoms with Crippen LogP contribution in [0.2, 0.25) is 0 Å². The highest BCUT2D eigenvalue weighted by atomic mass is 16.2. The van der Waals surface area contributed by atoms with E-state index in [1.165, 1.54) is 0 Å². The SMILES string of the molecule is C=CCN(CC(=O)Nc1nc(-c2ccccc2)cn1-c1ccc(C)cc1)C(=O)C1CCCC1. The summed E-state index contributed by atoms with van der Waals surface area (Å²) in [6.07, 6.45) is 7.52. The maximum atomic E-state index is 13.0. The first-order valence-corrected chi connectivity index (χ1v) is 11.5. The number of anilines is 1. The Kier molecular flexibility index (Phi) is 7.03. The van der Waals surface area contributed by atoms with Gasteiger partial charge in [-0.15, -0.1) is 6.58 Å². The number of carbonyl (C=O) groups excluding carboxylic acids is 2. The molecule has 170 valence electrons. The van der Waals surface area contributed by atoms with E-state index in [4.69, 9.17) is 4.98 Å². The molecule has 2 amide bonds. The zero-order valence-electron chi connectivity index (χ0n) is 19.0. The van der Waals surface area contributed by atoms with Crippen molar-refractivity contribution in [2.45, 2.75) is 32.6 Å². The van der Waals surface area contributed by atoms with Crippen molar-refractivity contribution >= 4 is 17.8 Å². The van der Waals surface area contributed by atoms with E-state index in [9.17, 15) is 9.59 Å². The molecule has 1 heterocycles. The number of carbonyl (C=O) groups is 2. The first-order chi connectivity index (χ1) is 16.0. The standard InChI is InChI=1S/C27H30N4O2/c1-3-17-30(26(33)22-11-7-8-12-22)19-25(32)29-27-28-24(21-9-5-4-6-10-21)18-31(27)23-15-13-20(2)14-16-23/h3-6,9-10,13-16,18,22H,1,7-8,11-12,17,19H2,2H3,(H,28,29,32). The van der Waals surface area contributed by atoms with Crippen molar-refractivity contribution in [1.82, 2.24) is 14.5 Å². The second-order valence-corrected chi connectivity index (χ2v) is 8.56. The highest BCUT2D eigenvalue weighted by Gasteiger charge is 2.28. The first kappa shape index (κ1) is 22.5. The van der Waals surface area contributed by atoms with E-state index >= 15 is 0 Å². The second kappa shape index (κ2) is 10.3. The number of amides is 2. The molecule has 0 saturated heterocycles. The van der Waals surface area contributed by atoms with Crippen LogP contribution < -0.4 is 5.32 Å². The van der Waals surface area contributed by atoms with Crippen LogP contribution in [0, 0.1) is 12.8 Å². The molecule has 0 aliphatic heterocycles. The van der Waals surface area contributed by atoms with Gasteiger partial charge in [0.1, 0.15) is 6.54 Å². The quantitative estimate of drug-likeness (QED) is 0.500. The lowest BCUT2D eigenvalue weighted by molar-refractivity contribution is -0.137. The van der Waals surface area contributed by atoms with Crippen LogP contribution in [-0.4, -0.2) is 39.4 Å². The number of rotatable bonds is 8. The minimum atomic E-state index is -0.276. The van der Waals surface area contributed by atoms with Gasteiger partial charge >= 0.3 is 0 Å². The Hall–Kier alpha value is -3.67. The summed E-state index contributed by atoms with van der Waals surface area (Å²) in [5.41, 5.74) is 3.77. The van der Waals surface area contributed by atoms with Crippen LogP contribution in [0.25, 0.3) is 16.9 Å². The maximum Gasteiger partial charge on any atom is 0.246 e. The van der Waals surface area contributed by atoms with Gasteiger partial charge in [-0.2, -0.15) is 0 Å². The summed E-state index contributed by atoms with van der Waals surface area (Å²) >= 11 is 0. The summed E-state index contributed by atoms with van der Waals surface area (Å²) in [6, 6.07) is 17.9. The second-order valence-electron chi connectivity index (χ2n) is 8.56. The van der Waals surface area contributed by atoms with E-state index in [1.807, 2.05) is 72.3 Å². The fourth-order valence-corrected chi connectivity index (χ4v) is 4.28. The Morgan fingerprint density at radius 3 is 2.48 bits per heavy atom. The third-order valence-electron chi connectivity index (χ3n) is 6.04. The molecule has 0 radical (unpaired) electrons. The third kappa shape index (κ3) is 5.40. The average Bonchev–Trinajstić information content (AvgIpc) is 3.50. The van der Waals surface area contributed by atoms with E-state index in [0.29, 0.717) is 12.5 Å². The van der Waals surface area contributed by atoms with Crippen LogP contribution >= 0.6 is 0 Å². The topological polar surface area (TPSA) is 67.2 Å². The Labute approximate surface area is 195 Å². The molecule has 1 fully saturated rings. The molecular formula is C27H30N4O2. The Morgan fingerprint density at radius 2 is 1.82 bits per heavy atom. The molecule has 0 unspecified atom stereocenters. The minimum Gasteiger partial charge on any atom is -0.329 e. The van der Waals surface area contributed by atoms with Crippen molar-refractivity contribution in [2.75, 3.05) is 18.4 Å². The highest BCUT2D eigenvalue weighted by molar-refractivity contribution is 5.94. The summed E-state index contributed by atoms with van der Waals surface area (Å²) in [4.78, 5) is 32.2. The highest BCUT2D eigenvalue weighted by Crippen LogP contribution is 2.27. The Bertz CT molecular complexity index is 1110. The van der Waals surface area contributed by atoms with Crippen molar-refractivity contribution in [3.8, 4) is 16.9 Å². The van der Waals surface area contributed by atoms with Gasteiger partial charge in [0.2, 0.25) is 17.8 Å². The van der Waals surface area contributed by atoms with Crippen LogP contribution in [0.15, 0.2) is 73.4 Å². The molecule has 6 nitrogen and oxygen atoms in total. The van der Waals surface area contributed by atoms with Crippen LogP contribution in [0.4, 0.5) is 5.95 Å². The molecule has 3 aromatic rings. The lowest BCUT2D eigenvalue weighted by Gasteiger charge is -2.23. The molecular weight excluding hydrogens is 412 g/mol. The van der Waals surface area contributed by atoms with E-state index in [1.54, 1.807) is 11.0 Å². The molecule has 1 aliphatic carbocycles. The Balaban J connectivity index is 1.58. The van der Waals surface area contributed by atoms with Gasteiger partial charge < -0.3 is 4.90 Å². The van der Waals surface area contributed by atoms with E-state index in [2.05, 4.69) is 11.9 Å². The van der Waals surface area contributed by atoms with Gasteiger partial charge in [0, 0.05) is 29.9 Å². The van der Waals surface area contributed by atoms with Gasteiger partial charge in [-0.05, 0) is 31.9 Å². The fraction of sp³-hybridized carbons (Fsp3) is 0.296. The number of hydrogen-bond donors (Lipinski definition) is 1. The smallest absolute Gasteiger partial charge is 0.246 e. The van der Waals surface area contributed by atoms with Crippen LogP contribution in [-0.2, 0) is 9.59 Å². The van der Waals surface area contributed by atoms with Crippen molar-refractivity contribution in [2.24, 2.45) is 5.92 Å². The maximum absolute atomic E-state index is 13.0. The molecule has 2 aromatic carbocycles. The molecule has 0 spiro atoms. The van der Waals surface area contributed by atoms with E-state index in [0.717, 1.165) is 48.2 Å². The molecule has 1 aliphatic rings. The lowest BCUT2D eigenvalue weighted by Crippen LogP contribution is -2.41. The van der Waals surface area contributed by atoms with Crippen molar-refractivity contribution in [3.05, 3.63) is 79.0 Å². The normalized spacial score (nSPS) is 13.6. The summed E-state index contributed by atoms with van der Waals surface area (Å²) < 4.78 is 1.87. The summed E-state index contributed by atoms with van der Waals surface area (Å²) in [5, 5.41) is 2.93. The third-order valence-corrected chi connectivity index (χ3v) is 6.04. The molecule has 1 saturated carbocycles. The van der Waals surface area contributed by atoms with Crippen molar-refractivity contribution in [3.63, 3.8) is 0 Å². The van der Waals surface area contributed by atoms with Crippen molar-refractivity contribution < 1.29 is 9.59 Å². The Morgan fingerprint density at radius 1 is 1.12 bits per heavy atom. The fourth-order valence-electron chi connectivity index (χ4n) is 4.28. The molecule has 1 N–H and O–H groups in total. The summed E-state index contributed by atoms with van der Waals surface area (Å²) in [6.45, 7) is 6.12. The molecule has 1 aromatic heterocycles. The van der Waals surface area contributed by atoms with E-state index in [-0.39, 0.29) is 24.3 Å². The number of aryl methyl sites for hydroxylation is 1. The van der Waals surface area contributed by atoms with Gasteiger partial charge in [0.25, 0.3) is 0 Å². The van der Waals surface area contributed by atoms with Crippen LogP contribution in [0.3, 0.4) is 0 Å². The molecule has 4 rings (SSSR count). The predicted molar refractivity (Wildman–Crippen MR) is 131 cm³/mol. The number of hydrogen-bond acceptors (Lipinski definition) is 3. The number of imidazole rings is 1. The largest absolute Gasteiger partial charge is 0.329 e. The van der Waals surface area contributed by atoms with Crippen LogP contribution in [0.5, 0.6) is 0 Å². The van der Waals surface area contributed by atoms with Gasteiger partial charge in [-0.1, -0.05) is 66.9 Å². The molecule has 33 heavy (non-hydrogen) atoms. The van der Waals surface area contributed by atoms with Gasteiger partial charge in [-0.25, -0.2) is 4.98 Å². The first-order valence-electron chi connectivity index (χ1n) is 11.5. The van der Waals surface area contributed by atoms with Crippen molar-refractivity contribution in [1.29, 1.82) is 0 Å². The predicted octanol–water partition coefficient (Wildman–Crippen LogP) is 4.99. The van der Waals surface area contributed by atoms with Gasteiger partial charge in [-0.3, -0.25) is 19.5 Å². The lowest BCUT2D eigenvalue weighted by atomic mass is 10.1. The van der Waals surface area contributed by atoms with E-state index < -0.39 is 0 Å².